The largest absolute Gasteiger partial charge is 0.481 e. The van der Waals surface area contributed by atoms with E-state index < -0.39 is 5.97 Å². The number of carbonyl (C=O) groups excluding carboxylic acids is 1. The Kier molecular flexibility index (Phi) is 2.22. The molecule has 12 heavy (non-hydrogen) atoms. The minimum atomic E-state index is -0.763. The zero-order valence-corrected chi connectivity index (χ0v) is 7.41. The molecular formula is C9H14O3. The molecule has 0 aromatic heterocycles. The average molecular weight is 170 g/mol. The lowest BCUT2D eigenvalue weighted by molar-refractivity contribution is -0.137. The standard InChI is InChI=1S/C9H14O3/c1-9(2)6(3-4-10)7(9)5-8(11)12/h4,6-7H,3,5H2,1-2H3,(H,11,12). The van der Waals surface area contributed by atoms with Gasteiger partial charge in [0.25, 0.3) is 0 Å². The highest BCUT2D eigenvalue weighted by Gasteiger charge is 2.57. The first-order chi connectivity index (χ1) is 5.50. The summed E-state index contributed by atoms with van der Waals surface area (Å²) in [5.41, 5.74) is 0.0549. The Morgan fingerprint density at radius 3 is 2.50 bits per heavy atom. The SMILES string of the molecule is CC1(C)C(CC=O)C1CC(=O)O. The zero-order chi connectivity index (χ0) is 9.35. The highest BCUT2D eigenvalue weighted by Crippen LogP contribution is 2.61. The van der Waals surface area contributed by atoms with Gasteiger partial charge < -0.3 is 9.90 Å². The number of carbonyl (C=O) groups is 2. The third-order valence-corrected chi connectivity index (χ3v) is 3.03. The summed E-state index contributed by atoms with van der Waals surface area (Å²) in [7, 11) is 0. The van der Waals surface area contributed by atoms with Crippen molar-refractivity contribution in [3.8, 4) is 0 Å². The average Bonchev–Trinajstić information content (AvgIpc) is 2.39. The van der Waals surface area contributed by atoms with Crippen molar-refractivity contribution in [3.63, 3.8) is 0 Å². The molecule has 1 aliphatic rings. The van der Waals surface area contributed by atoms with Crippen molar-refractivity contribution in [2.24, 2.45) is 17.3 Å². The molecule has 2 atom stereocenters. The third kappa shape index (κ3) is 1.49. The molecule has 0 aliphatic heterocycles. The summed E-state index contributed by atoms with van der Waals surface area (Å²) < 4.78 is 0. The Morgan fingerprint density at radius 2 is 2.08 bits per heavy atom. The fourth-order valence-corrected chi connectivity index (χ4v) is 2.02. The van der Waals surface area contributed by atoms with Gasteiger partial charge in [0, 0.05) is 12.8 Å². The molecule has 0 amide bonds. The van der Waals surface area contributed by atoms with Crippen molar-refractivity contribution in [2.45, 2.75) is 26.7 Å². The molecule has 2 unspecified atom stereocenters. The monoisotopic (exact) mass is 170 g/mol. The van der Waals surface area contributed by atoms with Crippen molar-refractivity contribution in [1.82, 2.24) is 0 Å². The minimum Gasteiger partial charge on any atom is -0.481 e. The lowest BCUT2D eigenvalue weighted by atomic mass is 10.1. The molecule has 0 bridgehead atoms. The molecule has 1 saturated carbocycles. The lowest BCUT2D eigenvalue weighted by Gasteiger charge is -1.98. The van der Waals surface area contributed by atoms with Crippen LogP contribution in [0, 0.1) is 17.3 Å². The first-order valence-electron chi connectivity index (χ1n) is 4.15. The number of rotatable bonds is 4. The number of aldehydes is 1. The van der Waals surface area contributed by atoms with Gasteiger partial charge in [0.15, 0.2) is 0 Å². The normalized spacial score (nSPS) is 31.2. The van der Waals surface area contributed by atoms with Crippen LogP contribution >= 0.6 is 0 Å². The van der Waals surface area contributed by atoms with Crippen LogP contribution in [0.1, 0.15) is 26.7 Å². The van der Waals surface area contributed by atoms with E-state index >= 15 is 0 Å². The summed E-state index contributed by atoms with van der Waals surface area (Å²) in [6.07, 6.45) is 1.59. The number of hydrogen-bond acceptors (Lipinski definition) is 2. The summed E-state index contributed by atoms with van der Waals surface area (Å²) in [5.74, 6) is -0.284. The molecule has 3 heteroatoms. The molecule has 0 radical (unpaired) electrons. The van der Waals surface area contributed by atoms with E-state index in [1.807, 2.05) is 13.8 Å². The zero-order valence-electron chi connectivity index (χ0n) is 7.41. The van der Waals surface area contributed by atoms with Crippen LogP contribution in [-0.2, 0) is 9.59 Å². The fraction of sp³-hybridized carbons (Fsp3) is 0.778. The number of hydrogen-bond donors (Lipinski definition) is 1. The van der Waals surface area contributed by atoms with Crippen LogP contribution in [0.4, 0.5) is 0 Å². The second kappa shape index (κ2) is 2.88. The van der Waals surface area contributed by atoms with E-state index in [0.717, 1.165) is 6.29 Å². The predicted octanol–water partition coefficient (Wildman–Crippen LogP) is 1.32. The van der Waals surface area contributed by atoms with Gasteiger partial charge in [-0.1, -0.05) is 13.8 Å². The second-order valence-corrected chi connectivity index (χ2v) is 4.03. The summed E-state index contributed by atoms with van der Waals surface area (Å²) in [4.78, 5) is 20.6. The highest BCUT2D eigenvalue weighted by molar-refractivity contribution is 5.68. The molecule has 1 aliphatic carbocycles. The van der Waals surface area contributed by atoms with Crippen molar-refractivity contribution in [2.75, 3.05) is 0 Å². The molecular weight excluding hydrogens is 156 g/mol. The Hall–Kier alpha value is -0.860. The minimum absolute atomic E-state index is 0.0549. The molecule has 1 rings (SSSR count). The van der Waals surface area contributed by atoms with Crippen LogP contribution in [0.3, 0.4) is 0 Å². The number of carboxylic acids is 1. The summed E-state index contributed by atoms with van der Waals surface area (Å²) in [6.45, 7) is 4.05. The molecule has 0 aromatic carbocycles. The van der Waals surface area contributed by atoms with Gasteiger partial charge in [0.05, 0.1) is 0 Å². The van der Waals surface area contributed by atoms with Gasteiger partial charge in [0.2, 0.25) is 0 Å². The van der Waals surface area contributed by atoms with E-state index in [0.29, 0.717) is 6.42 Å². The van der Waals surface area contributed by atoms with Crippen LogP contribution in [-0.4, -0.2) is 17.4 Å². The number of carboxylic acid groups (broad SMARTS) is 1. The molecule has 1 fully saturated rings. The Labute approximate surface area is 71.8 Å². The van der Waals surface area contributed by atoms with Crippen LogP contribution in [0.2, 0.25) is 0 Å². The molecule has 68 valence electrons. The first-order valence-corrected chi connectivity index (χ1v) is 4.15. The Bertz CT molecular complexity index is 208. The van der Waals surface area contributed by atoms with Gasteiger partial charge in [-0.25, -0.2) is 0 Å². The highest BCUT2D eigenvalue weighted by atomic mass is 16.4. The molecule has 0 aromatic rings. The smallest absolute Gasteiger partial charge is 0.303 e. The summed E-state index contributed by atoms with van der Waals surface area (Å²) in [5, 5.41) is 8.55. The maximum atomic E-state index is 10.4. The molecule has 0 saturated heterocycles. The van der Waals surface area contributed by atoms with Gasteiger partial charge in [0.1, 0.15) is 6.29 Å². The Morgan fingerprint density at radius 1 is 1.50 bits per heavy atom. The van der Waals surface area contributed by atoms with Gasteiger partial charge in [-0.05, 0) is 17.3 Å². The fourth-order valence-electron chi connectivity index (χ4n) is 2.02. The number of aliphatic carboxylic acids is 1. The van der Waals surface area contributed by atoms with E-state index in [9.17, 15) is 9.59 Å². The van der Waals surface area contributed by atoms with E-state index in [4.69, 9.17) is 5.11 Å². The van der Waals surface area contributed by atoms with E-state index in [-0.39, 0.29) is 23.7 Å². The van der Waals surface area contributed by atoms with Gasteiger partial charge >= 0.3 is 5.97 Å². The van der Waals surface area contributed by atoms with Crippen LogP contribution in [0.15, 0.2) is 0 Å². The molecule has 3 nitrogen and oxygen atoms in total. The van der Waals surface area contributed by atoms with Crippen molar-refractivity contribution in [3.05, 3.63) is 0 Å². The van der Waals surface area contributed by atoms with Crippen molar-refractivity contribution in [1.29, 1.82) is 0 Å². The van der Waals surface area contributed by atoms with E-state index in [2.05, 4.69) is 0 Å². The van der Waals surface area contributed by atoms with Gasteiger partial charge in [-0.3, -0.25) is 4.79 Å². The van der Waals surface area contributed by atoms with Gasteiger partial charge in [-0.2, -0.15) is 0 Å². The molecule has 1 N–H and O–H groups in total. The molecule has 0 spiro atoms. The van der Waals surface area contributed by atoms with Crippen LogP contribution in [0.25, 0.3) is 0 Å². The Balaban J connectivity index is 2.48. The maximum absolute atomic E-state index is 10.4. The quantitative estimate of drug-likeness (QED) is 0.647. The molecule has 0 heterocycles. The first kappa shape index (κ1) is 9.23. The van der Waals surface area contributed by atoms with Crippen LogP contribution < -0.4 is 0 Å². The lowest BCUT2D eigenvalue weighted by Crippen LogP contribution is -1.99. The van der Waals surface area contributed by atoms with Crippen LogP contribution in [0.5, 0.6) is 0 Å². The predicted molar refractivity (Wildman–Crippen MR) is 43.7 cm³/mol. The van der Waals surface area contributed by atoms with E-state index in [1.165, 1.54) is 0 Å². The van der Waals surface area contributed by atoms with Crippen molar-refractivity contribution >= 4 is 12.3 Å². The van der Waals surface area contributed by atoms with Crippen molar-refractivity contribution < 1.29 is 14.7 Å². The van der Waals surface area contributed by atoms with Gasteiger partial charge in [-0.15, -0.1) is 0 Å². The maximum Gasteiger partial charge on any atom is 0.303 e. The summed E-state index contributed by atoms with van der Waals surface area (Å²) in [6, 6.07) is 0. The topological polar surface area (TPSA) is 54.4 Å². The third-order valence-electron chi connectivity index (χ3n) is 3.03. The van der Waals surface area contributed by atoms with E-state index in [1.54, 1.807) is 0 Å². The second-order valence-electron chi connectivity index (χ2n) is 4.03. The summed E-state index contributed by atoms with van der Waals surface area (Å²) >= 11 is 0.